The second-order valence-electron chi connectivity index (χ2n) is 4.67. The van der Waals surface area contributed by atoms with Gasteiger partial charge < -0.3 is 9.52 Å². The molecule has 3 rings (SSSR count). The Morgan fingerprint density at radius 2 is 2.09 bits per heavy atom. The number of nitrogens with one attached hydrogen (secondary N) is 1. The third-order valence-corrected chi connectivity index (χ3v) is 4.33. The van der Waals surface area contributed by atoms with Crippen molar-refractivity contribution in [3.63, 3.8) is 0 Å². The molecule has 0 aliphatic rings. The fraction of sp³-hybridized carbons (Fsp3) is 0. The van der Waals surface area contributed by atoms with E-state index in [4.69, 9.17) is 4.42 Å². The number of fused-ring (bicyclic) bond motifs is 1. The van der Waals surface area contributed by atoms with Crippen LogP contribution < -0.4 is 5.43 Å². The zero-order valence-corrected chi connectivity index (χ0v) is 15.3. The van der Waals surface area contributed by atoms with Crippen molar-refractivity contribution in [3.05, 3.63) is 61.8 Å². The zero-order chi connectivity index (χ0) is 16.4. The molecule has 0 fully saturated rings. The summed E-state index contributed by atoms with van der Waals surface area (Å²) in [6.07, 6.45) is 1.37. The van der Waals surface area contributed by atoms with Crippen LogP contribution in [0.4, 0.5) is 0 Å². The van der Waals surface area contributed by atoms with Crippen LogP contribution in [0.1, 0.15) is 16.1 Å². The molecule has 0 saturated carbocycles. The summed E-state index contributed by atoms with van der Waals surface area (Å²) in [6, 6.07) is 12.1. The van der Waals surface area contributed by atoms with E-state index in [1.807, 2.05) is 12.1 Å². The predicted molar refractivity (Wildman–Crippen MR) is 99.8 cm³/mol. The van der Waals surface area contributed by atoms with Gasteiger partial charge in [0.25, 0.3) is 0 Å². The maximum absolute atomic E-state index is 12.1. The number of rotatable bonds is 3. The van der Waals surface area contributed by atoms with Gasteiger partial charge in [0.15, 0.2) is 5.76 Å². The molecule has 2 aromatic carbocycles. The lowest BCUT2D eigenvalue weighted by molar-refractivity contribution is 0.0929. The van der Waals surface area contributed by atoms with Crippen LogP contribution in [0.5, 0.6) is 5.75 Å². The van der Waals surface area contributed by atoms with Crippen molar-refractivity contribution in [2.45, 2.75) is 0 Å². The molecule has 1 aromatic heterocycles. The van der Waals surface area contributed by atoms with Gasteiger partial charge in [-0.2, -0.15) is 5.10 Å². The highest BCUT2D eigenvalue weighted by atomic mass is 127. The minimum absolute atomic E-state index is 0.0913. The summed E-state index contributed by atoms with van der Waals surface area (Å²) in [5, 5.41) is 14.3. The van der Waals surface area contributed by atoms with E-state index in [9.17, 15) is 9.90 Å². The average molecular weight is 485 g/mol. The Bertz CT molecular complexity index is 921. The summed E-state index contributed by atoms with van der Waals surface area (Å²) < 4.78 is 7.40. The van der Waals surface area contributed by atoms with E-state index in [0.29, 0.717) is 11.1 Å². The number of para-hydroxylation sites is 1. The van der Waals surface area contributed by atoms with Crippen LogP contribution in [0.3, 0.4) is 0 Å². The topological polar surface area (TPSA) is 74.8 Å². The standard InChI is InChI=1S/C16H10BrIN2O3/c17-11-5-10-6-14(23-15(10)12(18)7-11)16(22)20-19-8-9-3-1-2-4-13(9)21/h1-8,21H,(H,20,22)/b19-8-. The average Bonchev–Trinajstić information content (AvgIpc) is 2.93. The van der Waals surface area contributed by atoms with Crippen molar-refractivity contribution in [3.8, 4) is 5.75 Å². The minimum Gasteiger partial charge on any atom is -0.507 e. The third-order valence-electron chi connectivity index (χ3n) is 3.07. The largest absolute Gasteiger partial charge is 0.507 e. The lowest BCUT2D eigenvalue weighted by Gasteiger charge is -1.98. The number of aromatic hydroxyl groups is 1. The summed E-state index contributed by atoms with van der Waals surface area (Å²) in [4.78, 5) is 12.1. The van der Waals surface area contributed by atoms with Crippen molar-refractivity contribution in [1.29, 1.82) is 0 Å². The van der Waals surface area contributed by atoms with Crippen LogP contribution in [-0.4, -0.2) is 17.2 Å². The lowest BCUT2D eigenvalue weighted by Crippen LogP contribution is -2.16. The number of halogens is 2. The Kier molecular flexibility index (Phi) is 4.67. The summed E-state index contributed by atoms with van der Waals surface area (Å²) in [7, 11) is 0. The second kappa shape index (κ2) is 6.71. The minimum atomic E-state index is -0.459. The van der Waals surface area contributed by atoms with Gasteiger partial charge in [0.1, 0.15) is 11.3 Å². The number of phenols is 1. The van der Waals surface area contributed by atoms with E-state index in [1.54, 1.807) is 30.3 Å². The van der Waals surface area contributed by atoms with Gasteiger partial charge in [-0.15, -0.1) is 0 Å². The summed E-state index contributed by atoms with van der Waals surface area (Å²) in [5.41, 5.74) is 3.55. The van der Waals surface area contributed by atoms with Gasteiger partial charge in [0.2, 0.25) is 0 Å². The Balaban J connectivity index is 1.79. The molecule has 2 N–H and O–H groups in total. The monoisotopic (exact) mass is 484 g/mol. The van der Waals surface area contributed by atoms with E-state index < -0.39 is 5.91 Å². The van der Waals surface area contributed by atoms with Gasteiger partial charge in [0, 0.05) is 15.4 Å². The van der Waals surface area contributed by atoms with Crippen molar-refractivity contribution in [2.75, 3.05) is 0 Å². The number of benzene rings is 2. The first-order chi connectivity index (χ1) is 11.0. The molecule has 0 saturated heterocycles. The van der Waals surface area contributed by atoms with Gasteiger partial charge in [-0.1, -0.05) is 28.1 Å². The maximum Gasteiger partial charge on any atom is 0.307 e. The van der Waals surface area contributed by atoms with Crippen molar-refractivity contribution >= 4 is 61.6 Å². The Morgan fingerprint density at radius 1 is 1.30 bits per heavy atom. The number of carbonyl (C=O) groups is 1. The lowest BCUT2D eigenvalue weighted by atomic mass is 10.2. The van der Waals surface area contributed by atoms with Crippen LogP contribution >= 0.6 is 38.5 Å². The normalized spacial score (nSPS) is 11.2. The highest BCUT2D eigenvalue weighted by molar-refractivity contribution is 14.1. The summed E-state index contributed by atoms with van der Waals surface area (Å²) >= 11 is 5.56. The number of hydrogen-bond acceptors (Lipinski definition) is 4. The molecule has 0 atom stereocenters. The molecular weight excluding hydrogens is 475 g/mol. The number of furan rings is 1. The highest BCUT2D eigenvalue weighted by Gasteiger charge is 2.14. The highest BCUT2D eigenvalue weighted by Crippen LogP contribution is 2.28. The quantitative estimate of drug-likeness (QED) is 0.331. The van der Waals surface area contributed by atoms with Gasteiger partial charge in [0.05, 0.1) is 9.78 Å². The van der Waals surface area contributed by atoms with Crippen molar-refractivity contribution in [1.82, 2.24) is 5.43 Å². The molecular formula is C16H10BrIN2O3. The molecule has 0 radical (unpaired) electrons. The van der Waals surface area contributed by atoms with Crippen LogP contribution in [0.25, 0.3) is 11.0 Å². The van der Waals surface area contributed by atoms with Gasteiger partial charge >= 0.3 is 5.91 Å². The predicted octanol–water partition coefficient (Wildman–Crippen LogP) is 4.27. The molecule has 0 aliphatic heterocycles. The van der Waals surface area contributed by atoms with E-state index in [1.165, 1.54) is 6.21 Å². The molecule has 1 amide bonds. The molecule has 0 bridgehead atoms. The van der Waals surface area contributed by atoms with Crippen molar-refractivity contribution < 1.29 is 14.3 Å². The van der Waals surface area contributed by atoms with Gasteiger partial charge in [-0.25, -0.2) is 5.43 Å². The molecule has 0 unspecified atom stereocenters. The zero-order valence-electron chi connectivity index (χ0n) is 11.6. The third kappa shape index (κ3) is 3.56. The molecule has 23 heavy (non-hydrogen) atoms. The molecule has 3 aromatic rings. The van der Waals surface area contributed by atoms with Crippen LogP contribution in [-0.2, 0) is 0 Å². The number of amides is 1. The number of nitrogens with zero attached hydrogens (tertiary/aromatic N) is 1. The van der Waals surface area contributed by atoms with E-state index in [0.717, 1.165) is 13.4 Å². The fourth-order valence-electron chi connectivity index (χ4n) is 2.00. The Morgan fingerprint density at radius 3 is 2.87 bits per heavy atom. The first kappa shape index (κ1) is 16.0. The van der Waals surface area contributed by atoms with Crippen molar-refractivity contribution in [2.24, 2.45) is 5.10 Å². The molecule has 116 valence electrons. The first-order valence-corrected chi connectivity index (χ1v) is 8.42. The number of hydrogen-bond donors (Lipinski definition) is 2. The van der Waals surface area contributed by atoms with E-state index in [2.05, 4.69) is 49.0 Å². The van der Waals surface area contributed by atoms with Crippen LogP contribution in [0, 0.1) is 3.57 Å². The van der Waals surface area contributed by atoms with Gasteiger partial charge in [-0.3, -0.25) is 4.79 Å². The maximum atomic E-state index is 12.1. The SMILES string of the molecule is O=C(N/N=C\c1ccccc1O)c1cc2cc(Br)cc(I)c2o1. The molecule has 1 heterocycles. The van der Waals surface area contributed by atoms with Gasteiger partial charge in [-0.05, 0) is 52.9 Å². The summed E-state index contributed by atoms with van der Waals surface area (Å²) in [5.74, 6) is -0.195. The second-order valence-corrected chi connectivity index (χ2v) is 6.75. The fourth-order valence-corrected chi connectivity index (χ4v) is 3.66. The smallest absolute Gasteiger partial charge is 0.307 e. The van der Waals surface area contributed by atoms with Crippen LogP contribution in [0.15, 0.2) is 56.5 Å². The molecule has 5 nitrogen and oxygen atoms in total. The number of hydrazone groups is 1. The molecule has 0 spiro atoms. The van der Waals surface area contributed by atoms with E-state index >= 15 is 0 Å². The Hall–Kier alpha value is -1.87. The first-order valence-electron chi connectivity index (χ1n) is 6.54. The molecule has 7 heteroatoms. The van der Waals surface area contributed by atoms with E-state index in [-0.39, 0.29) is 11.5 Å². The summed E-state index contributed by atoms with van der Waals surface area (Å²) in [6.45, 7) is 0. The number of carbonyl (C=O) groups excluding carboxylic acids is 1. The van der Waals surface area contributed by atoms with Crippen LogP contribution in [0.2, 0.25) is 0 Å². The number of phenolic OH excluding ortho intramolecular Hbond substituents is 1. The molecule has 0 aliphatic carbocycles. The Labute approximate surface area is 153 Å².